The van der Waals surface area contributed by atoms with Gasteiger partial charge in [-0.15, -0.1) is 0 Å². The summed E-state index contributed by atoms with van der Waals surface area (Å²) in [7, 11) is 0. The predicted molar refractivity (Wildman–Crippen MR) is 50.3 cm³/mol. The highest BCUT2D eigenvalue weighted by Crippen LogP contribution is 2.15. The van der Waals surface area contributed by atoms with Crippen LogP contribution in [0.15, 0.2) is 34.4 Å². The number of fused-ring (bicyclic) bond motifs is 1. The number of benzene rings is 1. The van der Waals surface area contributed by atoms with Crippen molar-refractivity contribution in [3.63, 3.8) is 0 Å². The van der Waals surface area contributed by atoms with Crippen LogP contribution in [-0.4, -0.2) is 10.1 Å². The maximum absolute atomic E-state index is 8.99. The Morgan fingerprint density at radius 1 is 1.46 bits per heavy atom. The minimum Gasteiger partial charge on any atom is -0.512 e. The molecule has 2 rings (SSSR count). The number of hydrogen-bond acceptors (Lipinski definition) is 3. The van der Waals surface area contributed by atoms with Gasteiger partial charge in [-0.05, 0) is 19.1 Å². The maximum atomic E-state index is 8.99. The molecular weight excluding hydrogens is 166 g/mol. The Morgan fingerprint density at radius 2 is 2.23 bits per heavy atom. The summed E-state index contributed by atoms with van der Waals surface area (Å²) >= 11 is 0. The van der Waals surface area contributed by atoms with Crippen LogP contribution in [0.1, 0.15) is 12.8 Å². The summed E-state index contributed by atoms with van der Waals surface area (Å²) in [6, 6.07) is 7.48. The monoisotopic (exact) mass is 175 g/mol. The SMILES string of the molecule is CC(O)=Cc1nc2ccccc2o1. The zero-order valence-corrected chi connectivity index (χ0v) is 7.19. The van der Waals surface area contributed by atoms with Crippen LogP contribution in [0.4, 0.5) is 0 Å². The van der Waals surface area contributed by atoms with Crippen LogP contribution in [-0.2, 0) is 0 Å². The average molecular weight is 175 g/mol. The van der Waals surface area contributed by atoms with Gasteiger partial charge in [0.15, 0.2) is 5.58 Å². The Bertz CT molecular complexity index is 420. The zero-order chi connectivity index (χ0) is 9.26. The van der Waals surface area contributed by atoms with E-state index < -0.39 is 0 Å². The predicted octanol–water partition coefficient (Wildman–Crippen LogP) is 2.75. The minimum atomic E-state index is 0.187. The molecule has 66 valence electrons. The van der Waals surface area contributed by atoms with E-state index in [0.717, 1.165) is 11.1 Å². The molecule has 0 saturated heterocycles. The van der Waals surface area contributed by atoms with Crippen molar-refractivity contribution in [3.05, 3.63) is 35.9 Å². The molecule has 0 spiro atoms. The van der Waals surface area contributed by atoms with Gasteiger partial charge < -0.3 is 9.52 Å². The smallest absolute Gasteiger partial charge is 0.223 e. The number of aliphatic hydroxyl groups excluding tert-OH is 1. The highest BCUT2D eigenvalue weighted by atomic mass is 16.3. The van der Waals surface area contributed by atoms with Crippen molar-refractivity contribution in [2.24, 2.45) is 0 Å². The number of oxazole rings is 1. The lowest BCUT2D eigenvalue weighted by Crippen LogP contribution is -1.72. The van der Waals surface area contributed by atoms with Gasteiger partial charge in [0.2, 0.25) is 5.89 Å². The van der Waals surface area contributed by atoms with Crippen molar-refractivity contribution in [3.8, 4) is 0 Å². The van der Waals surface area contributed by atoms with E-state index in [0.29, 0.717) is 5.89 Å². The van der Waals surface area contributed by atoms with Gasteiger partial charge in [0.05, 0.1) is 5.76 Å². The second-order valence-electron chi connectivity index (χ2n) is 2.81. The van der Waals surface area contributed by atoms with Crippen molar-refractivity contribution < 1.29 is 9.52 Å². The van der Waals surface area contributed by atoms with E-state index in [1.54, 1.807) is 6.92 Å². The second-order valence-corrected chi connectivity index (χ2v) is 2.81. The van der Waals surface area contributed by atoms with Gasteiger partial charge in [0.25, 0.3) is 0 Å². The first kappa shape index (κ1) is 7.86. The lowest BCUT2D eigenvalue weighted by molar-refractivity contribution is 0.417. The molecule has 2 aromatic rings. The van der Waals surface area contributed by atoms with Crippen molar-refractivity contribution in [1.29, 1.82) is 0 Å². The van der Waals surface area contributed by atoms with Crippen LogP contribution >= 0.6 is 0 Å². The van der Waals surface area contributed by atoms with Crippen LogP contribution in [0, 0.1) is 0 Å². The molecule has 1 aromatic carbocycles. The van der Waals surface area contributed by atoms with Gasteiger partial charge in [-0.1, -0.05) is 12.1 Å². The summed E-state index contributed by atoms with van der Waals surface area (Å²) in [6.07, 6.45) is 1.49. The summed E-state index contributed by atoms with van der Waals surface area (Å²) in [5.41, 5.74) is 1.53. The Hall–Kier alpha value is -1.77. The molecule has 0 aliphatic heterocycles. The van der Waals surface area contributed by atoms with Crippen molar-refractivity contribution in [1.82, 2.24) is 4.98 Å². The summed E-state index contributed by atoms with van der Waals surface area (Å²) in [4.78, 5) is 4.15. The normalized spacial score (nSPS) is 12.2. The first-order chi connectivity index (χ1) is 6.25. The number of aliphatic hydroxyl groups is 1. The van der Waals surface area contributed by atoms with Crippen LogP contribution in [0.25, 0.3) is 17.2 Å². The topological polar surface area (TPSA) is 46.3 Å². The highest BCUT2D eigenvalue weighted by Gasteiger charge is 2.01. The van der Waals surface area contributed by atoms with E-state index in [1.165, 1.54) is 6.08 Å². The quantitative estimate of drug-likeness (QED) is 0.678. The summed E-state index contributed by atoms with van der Waals surface area (Å²) < 4.78 is 5.33. The molecule has 0 aliphatic carbocycles. The first-order valence-corrected chi connectivity index (χ1v) is 3.98. The molecule has 0 radical (unpaired) electrons. The zero-order valence-electron chi connectivity index (χ0n) is 7.19. The Kier molecular flexibility index (Phi) is 1.77. The minimum absolute atomic E-state index is 0.187. The van der Waals surface area contributed by atoms with E-state index in [1.807, 2.05) is 24.3 Å². The van der Waals surface area contributed by atoms with Crippen molar-refractivity contribution in [2.45, 2.75) is 6.92 Å². The number of aromatic nitrogens is 1. The van der Waals surface area contributed by atoms with E-state index in [-0.39, 0.29) is 5.76 Å². The van der Waals surface area contributed by atoms with Gasteiger partial charge in [0.1, 0.15) is 5.52 Å². The molecule has 1 aromatic heterocycles. The molecule has 3 heteroatoms. The molecule has 0 aliphatic rings. The largest absolute Gasteiger partial charge is 0.512 e. The molecule has 0 fully saturated rings. The molecular formula is C10H9NO2. The van der Waals surface area contributed by atoms with Gasteiger partial charge >= 0.3 is 0 Å². The fourth-order valence-corrected chi connectivity index (χ4v) is 1.13. The van der Waals surface area contributed by atoms with E-state index in [2.05, 4.69) is 4.98 Å². The van der Waals surface area contributed by atoms with E-state index >= 15 is 0 Å². The molecule has 1 N–H and O–H groups in total. The fraction of sp³-hybridized carbons (Fsp3) is 0.100. The second kappa shape index (κ2) is 2.94. The van der Waals surface area contributed by atoms with Gasteiger partial charge in [0, 0.05) is 6.08 Å². The van der Waals surface area contributed by atoms with E-state index in [9.17, 15) is 0 Å². The molecule has 0 atom stereocenters. The Balaban J connectivity index is 2.56. The first-order valence-electron chi connectivity index (χ1n) is 3.98. The third-order valence-electron chi connectivity index (χ3n) is 1.64. The van der Waals surface area contributed by atoms with Gasteiger partial charge in [-0.2, -0.15) is 0 Å². The fourth-order valence-electron chi connectivity index (χ4n) is 1.13. The number of nitrogens with zero attached hydrogens (tertiary/aromatic N) is 1. The molecule has 3 nitrogen and oxygen atoms in total. The maximum Gasteiger partial charge on any atom is 0.223 e. The number of rotatable bonds is 1. The Morgan fingerprint density at radius 3 is 2.92 bits per heavy atom. The summed E-state index contributed by atoms with van der Waals surface area (Å²) in [6.45, 7) is 1.58. The molecule has 1 heterocycles. The average Bonchev–Trinajstić information content (AvgIpc) is 2.44. The summed E-state index contributed by atoms with van der Waals surface area (Å²) in [5.74, 6) is 0.618. The van der Waals surface area contributed by atoms with Crippen LogP contribution < -0.4 is 0 Å². The molecule has 0 saturated carbocycles. The third kappa shape index (κ3) is 1.54. The number of allylic oxidation sites excluding steroid dienone is 1. The molecule has 0 amide bonds. The number of para-hydroxylation sites is 2. The van der Waals surface area contributed by atoms with Crippen molar-refractivity contribution in [2.75, 3.05) is 0 Å². The van der Waals surface area contributed by atoms with Crippen LogP contribution in [0.3, 0.4) is 0 Å². The van der Waals surface area contributed by atoms with Crippen LogP contribution in [0.5, 0.6) is 0 Å². The Labute approximate surface area is 75.3 Å². The summed E-state index contributed by atoms with van der Waals surface area (Å²) in [5, 5.41) is 8.99. The van der Waals surface area contributed by atoms with Crippen molar-refractivity contribution >= 4 is 17.2 Å². The highest BCUT2D eigenvalue weighted by molar-refractivity contribution is 5.73. The molecule has 0 bridgehead atoms. The van der Waals surface area contributed by atoms with E-state index in [4.69, 9.17) is 9.52 Å². The molecule has 0 unspecified atom stereocenters. The molecule has 13 heavy (non-hydrogen) atoms. The van der Waals surface area contributed by atoms with Gasteiger partial charge in [-0.25, -0.2) is 4.98 Å². The lowest BCUT2D eigenvalue weighted by atomic mass is 10.3. The lowest BCUT2D eigenvalue weighted by Gasteiger charge is -1.83. The third-order valence-corrected chi connectivity index (χ3v) is 1.64. The standard InChI is InChI=1S/C10H9NO2/c1-7(12)6-10-11-8-4-2-3-5-9(8)13-10/h2-6,12H,1H3. The number of hydrogen-bond donors (Lipinski definition) is 1. The van der Waals surface area contributed by atoms with Crippen LogP contribution in [0.2, 0.25) is 0 Å². The van der Waals surface area contributed by atoms with Gasteiger partial charge in [-0.3, -0.25) is 0 Å².